The highest BCUT2D eigenvalue weighted by atomic mass is 32.2. The van der Waals surface area contributed by atoms with E-state index >= 15 is 0 Å². The Labute approximate surface area is 181 Å². The lowest BCUT2D eigenvalue weighted by Gasteiger charge is -2.27. The molecule has 166 valence electrons. The Kier molecular flexibility index (Phi) is 6.27. The molecule has 0 atom stereocenters. The largest absolute Gasteiger partial charge is 0.497 e. The molecular weight excluding hydrogens is 423 g/mol. The van der Waals surface area contributed by atoms with Crippen LogP contribution in [0.2, 0.25) is 0 Å². The van der Waals surface area contributed by atoms with Crippen molar-refractivity contribution in [3.8, 4) is 5.75 Å². The predicted molar refractivity (Wildman–Crippen MR) is 112 cm³/mol. The van der Waals surface area contributed by atoms with Crippen molar-refractivity contribution < 1.29 is 27.1 Å². The van der Waals surface area contributed by atoms with Gasteiger partial charge < -0.3 is 14.4 Å². The van der Waals surface area contributed by atoms with Crippen LogP contribution in [0.1, 0.15) is 28.8 Å². The molecule has 1 saturated carbocycles. The molecule has 2 aromatic carbocycles. The number of rotatable bonds is 7. The Bertz CT molecular complexity index is 1050. The Morgan fingerprint density at radius 2 is 1.84 bits per heavy atom. The molecule has 2 fully saturated rings. The van der Waals surface area contributed by atoms with Crippen LogP contribution in [0, 0.1) is 5.82 Å². The molecule has 1 saturated heterocycles. The molecule has 1 aliphatic carbocycles. The van der Waals surface area contributed by atoms with Crippen LogP contribution >= 0.6 is 0 Å². The van der Waals surface area contributed by atoms with Crippen molar-refractivity contribution in [2.24, 2.45) is 0 Å². The highest BCUT2D eigenvalue weighted by Crippen LogP contribution is 2.31. The zero-order valence-corrected chi connectivity index (χ0v) is 18.1. The molecule has 0 spiro atoms. The van der Waals surface area contributed by atoms with E-state index < -0.39 is 21.7 Å². The average molecular weight is 449 g/mol. The normalized spacial score (nSPS) is 17.4. The molecule has 7 nitrogen and oxygen atoms in total. The first-order chi connectivity index (χ1) is 14.9. The van der Waals surface area contributed by atoms with Gasteiger partial charge in [-0.1, -0.05) is 12.1 Å². The third-order valence-corrected chi connectivity index (χ3v) is 7.43. The van der Waals surface area contributed by atoms with Gasteiger partial charge in [0, 0.05) is 25.7 Å². The van der Waals surface area contributed by atoms with Crippen LogP contribution < -0.4 is 4.74 Å². The molecule has 0 radical (unpaired) electrons. The summed E-state index contributed by atoms with van der Waals surface area (Å²) in [4.78, 5) is 14.8. The fraction of sp³-hybridized carbons (Fsp3) is 0.409. The quantitative estimate of drug-likeness (QED) is 0.651. The third-order valence-electron chi connectivity index (χ3n) is 5.54. The first kappa shape index (κ1) is 21.7. The maximum absolute atomic E-state index is 14.6. The molecule has 1 aliphatic heterocycles. The highest BCUT2D eigenvalue weighted by molar-refractivity contribution is 7.89. The number of morpholine rings is 1. The Hall–Kier alpha value is -2.49. The molecule has 2 aliphatic rings. The number of ether oxygens (including phenoxy) is 2. The van der Waals surface area contributed by atoms with Gasteiger partial charge in [0.05, 0.1) is 30.8 Å². The van der Waals surface area contributed by atoms with Crippen molar-refractivity contribution in [1.29, 1.82) is 0 Å². The number of halogens is 1. The zero-order chi connectivity index (χ0) is 22.0. The predicted octanol–water partition coefficient (Wildman–Crippen LogP) is 2.66. The molecule has 1 amide bonds. The van der Waals surface area contributed by atoms with Crippen LogP contribution in [0.5, 0.6) is 5.75 Å². The standard InChI is InChI=1S/C22H25FN2O5S/c1-29-18-6-2-16(3-7-18)15-25(17-4-5-17)22(26)20-14-19(8-9-21(20)23)31(27,28)24-10-12-30-13-11-24/h2-3,6-9,14,17H,4-5,10-13,15H2,1H3. The molecule has 0 unspecified atom stereocenters. The van der Waals surface area contributed by atoms with Gasteiger partial charge in [-0.2, -0.15) is 4.31 Å². The topological polar surface area (TPSA) is 76.2 Å². The van der Waals surface area contributed by atoms with Crippen LogP contribution in [0.3, 0.4) is 0 Å². The second-order valence-electron chi connectivity index (χ2n) is 7.67. The number of carbonyl (C=O) groups is 1. The van der Waals surface area contributed by atoms with Gasteiger partial charge in [-0.15, -0.1) is 0 Å². The fourth-order valence-electron chi connectivity index (χ4n) is 3.60. The average Bonchev–Trinajstić information content (AvgIpc) is 3.63. The zero-order valence-electron chi connectivity index (χ0n) is 17.3. The maximum atomic E-state index is 14.6. The van der Waals surface area contributed by atoms with Crippen LogP contribution in [-0.4, -0.2) is 63.0 Å². The van der Waals surface area contributed by atoms with Crippen molar-refractivity contribution in [2.45, 2.75) is 30.3 Å². The van der Waals surface area contributed by atoms with Gasteiger partial charge in [-0.25, -0.2) is 12.8 Å². The van der Waals surface area contributed by atoms with E-state index in [1.807, 2.05) is 12.1 Å². The first-order valence-corrected chi connectivity index (χ1v) is 11.7. The summed E-state index contributed by atoms with van der Waals surface area (Å²) in [6.07, 6.45) is 1.69. The van der Waals surface area contributed by atoms with Gasteiger partial charge in [0.2, 0.25) is 10.0 Å². The second kappa shape index (κ2) is 8.94. The molecule has 31 heavy (non-hydrogen) atoms. The van der Waals surface area contributed by atoms with Gasteiger partial charge in [0.15, 0.2) is 0 Å². The van der Waals surface area contributed by atoms with E-state index in [-0.39, 0.29) is 29.6 Å². The van der Waals surface area contributed by atoms with Crippen molar-refractivity contribution in [3.63, 3.8) is 0 Å². The van der Waals surface area contributed by atoms with Gasteiger partial charge in [0.25, 0.3) is 5.91 Å². The van der Waals surface area contributed by atoms with Crippen LogP contribution in [0.4, 0.5) is 4.39 Å². The molecule has 1 heterocycles. The molecule has 0 aromatic heterocycles. The third kappa shape index (κ3) is 4.73. The monoisotopic (exact) mass is 448 g/mol. The maximum Gasteiger partial charge on any atom is 0.257 e. The molecule has 2 aromatic rings. The summed E-state index contributed by atoms with van der Waals surface area (Å²) < 4.78 is 52.2. The van der Waals surface area contributed by atoms with Crippen LogP contribution in [-0.2, 0) is 21.3 Å². The summed E-state index contributed by atoms with van der Waals surface area (Å²) in [5, 5.41) is 0. The van der Waals surface area contributed by atoms with E-state index in [4.69, 9.17) is 9.47 Å². The number of benzene rings is 2. The highest BCUT2D eigenvalue weighted by Gasteiger charge is 2.35. The van der Waals surface area contributed by atoms with Crippen molar-refractivity contribution in [2.75, 3.05) is 33.4 Å². The lowest BCUT2D eigenvalue weighted by molar-refractivity contribution is 0.0722. The molecular formula is C22H25FN2O5S. The van der Waals surface area contributed by atoms with E-state index in [9.17, 15) is 17.6 Å². The number of amides is 1. The van der Waals surface area contributed by atoms with E-state index in [2.05, 4.69) is 0 Å². The summed E-state index contributed by atoms with van der Waals surface area (Å²) >= 11 is 0. The number of hydrogen-bond donors (Lipinski definition) is 0. The van der Waals surface area contributed by atoms with Crippen molar-refractivity contribution >= 4 is 15.9 Å². The minimum atomic E-state index is -3.83. The number of methoxy groups -OCH3 is 1. The van der Waals surface area contributed by atoms with Crippen molar-refractivity contribution in [3.05, 3.63) is 59.4 Å². The van der Waals surface area contributed by atoms with E-state index in [0.717, 1.165) is 30.5 Å². The van der Waals surface area contributed by atoms with Gasteiger partial charge >= 0.3 is 0 Å². The lowest BCUT2D eigenvalue weighted by Crippen LogP contribution is -2.40. The first-order valence-electron chi connectivity index (χ1n) is 10.2. The lowest BCUT2D eigenvalue weighted by atomic mass is 10.1. The van der Waals surface area contributed by atoms with Gasteiger partial charge in [-0.05, 0) is 48.7 Å². The second-order valence-corrected chi connectivity index (χ2v) is 9.61. The fourth-order valence-corrected chi connectivity index (χ4v) is 5.03. The number of hydrogen-bond acceptors (Lipinski definition) is 5. The summed E-state index contributed by atoms with van der Waals surface area (Å²) in [5.41, 5.74) is 0.660. The van der Waals surface area contributed by atoms with Gasteiger partial charge in [0.1, 0.15) is 11.6 Å². The van der Waals surface area contributed by atoms with Crippen LogP contribution in [0.15, 0.2) is 47.4 Å². The van der Waals surface area contributed by atoms with Gasteiger partial charge in [-0.3, -0.25) is 4.79 Å². The van der Waals surface area contributed by atoms with E-state index in [1.165, 1.54) is 10.4 Å². The molecule has 0 bridgehead atoms. The minimum absolute atomic E-state index is 0.0218. The Balaban J connectivity index is 1.60. The van der Waals surface area contributed by atoms with Crippen LogP contribution in [0.25, 0.3) is 0 Å². The summed E-state index contributed by atoms with van der Waals surface area (Å²) in [6.45, 7) is 1.39. The Morgan fingerprint density at radius 3 is 2.45 bits per heavy atom. The smallest absolute Gasteiger partial charge is 0.257 e. The molecule has 0 N–H and O–H groups in total. The molecule has 9 heteroatoms. The van der Waals surface area contributed by atoms with Crippen molar-refractivity contribution in [1.82, 2.24) is 9.21 Å². The summed E-state index contributed by atoms with van der Waals surface area (Å²) in [5.74, 6) is -0.527. The summed E-state index contributed by atoms with van der Waals surface area (Å²) in [6, 6.07) is 10.8. The number of sulfonamides is 1. The minimum Gasteiger partial charge on any atom is -0.497 e. The molecule has 4 rings (SSSR count). The van der Waals surface area contributed by atoms with E-state index in [0.29, 0.717) is 25.5 Å². The SMILES string of the molecule is COc1ccc(CN(C(=O)c2cc(S(=O)(=O)N3CCOCC3)ccc2F)C2CC2)cc1. The summed E-state index contributed by atoms with van der Waals surface area (Å²) in [7, 11) is -2.25. The number of nitrogens with zero attached hydrogens (tertiary/aromatic N) is 2. The Morgan fingerprint density at radius 1 is 1.16 bits per heavy atom. The van der Waals surface area contributed by atoms with E-state index in [1.54, 1.807) is 24.1 Å². The number of carbonyl (C=O) groups excluding carboxylic acids is 1.